The van der Waals surface area contributed by atoms with E-state index in [9.17, 15) is 14.4 Å². The molecule has 9 nitrogen and oxygen atoms in total. The van der Waals surface area contributed by atoms with Crippen LogP contribution in [0.25, 0.3) is 11.5 Å². The Balaban J connectivity index is 1.19. The Morgan fingerprint density at radius 1 is 0.971 bits per heavy atom. The summed E-state index contributed by atoms with van der Waals surface area (Å²) in [6.07, 6.45) is 4.18. The molecule has 35 heavy (non-hydrogen) atoms. The van der Waals surface area contributed by atoms with Crippen LogP contribution in [-0.2, 0) is 9.59 Å². The summed E-state index contributed by atoms with van der Waals surface area (Å²) in [5, 5.41) is 18.1. The summed E-state index contributed by atoms with van der Waals surface area (Å²) in [7, 11) is 0. The molecule has 0 saturated heterocycles. The van der Waals surface area contributed by atoms with Crippen molar-refractivity contribution in [3.05, 3.63) is 66.0 Å². The average molecular weight is 477 g/mol. The molecule has 0 atom stereocenters. The van der Waals surface area contributed by atoms with Crippen molar-refractivity contribution in [3.63, 3.8) is 0 Å². The van der Waals surface area contributed by atoms with E-state index in [-0.39, 0.29) is 42.9 Å². The van der Waals surface area contributed by atoms with Crippen LogP contribution in [0, 0.1) is 5.92 Å². The molecule has 2 amide bonds. The zero-order valence-corrected chi connectivity index (χ0v) is 19.3. The molecule has 4 rings (SSSR count). The summed E-state index contributed by atoms with van der Waals surface area (Å²) < 4.78 is 5.13. The lowest BCUT2D eigenvalue weighted by molar-refractivity contribution is -0.138. The standard InChI is InChI=1S/C26H28N4O5/c31-22(14-15-27-25(34)24-29-26(35-30-24)20-4-2-1-3-5-20)28-21-12-10-19(11-13-21)18-8-6-17(7-9-18)16-23(32)33/h1-5,10-13,17-18H,6-9,14-16H2,(H,27,34)(H,28,31)(H,32,33)/t17-,18-. The molecule has 3 aromatic rings. The number of nitrogens with zero attached hydrogens (tertiary/aromatic N) is 2. The van der Waals surface area contributed by atoms with Gasteiger partial charge in [-0.3, -0.25) is 14.4 Å². The summed E-state index contributed by atoms with van der Waals surface area (Å²) in [4.78, 5) is 39.5. The van der Waals surface area contributed by atoms with Gasteiger partial charge in [-0.05, 0) is 67.3 Å². The molecule has 0 spiro atoms. The number of anilines is 1. The van der Waals surface area contributed by atoms with Gasteiger partial charge < -0.3 is 20.3 Å². The topological polar surface area (TPSA) is 134 Å². The Labute approximate surface area is 202 Å². The van der Waals surface area contributed by atoms with Crippen LogP contribution >= 0.6 is 0 Å². The monoisotopic (exact) mass is 476 g/mol. The maximum absolute atomic E-state index is 12.3. The lowest BCUT2D eigenvalue weighted by atomic mass is 9.77. The number of hydrogen-bond acceptors (Lipinski definition) is 6. The fourth-order valence-electron chi connectivity index (χ4n) is 4.39. The predicted molar refractivity (Wildman–Crippen MR) is 129 cm³/mol. The van der Waals surface area contributed by atoms with E-state index >= 15 is 0 Å². The molecule has 1 aliphatic rings. The van der Waals surface area contributed by atoms with Gasteiger partial charge in [-0.2, -0.15) is 4.98 Å². The molecule has 0 radical (unpaired) electrons. The molecule has 1 aromatic heterocycles. The summed E-state index contributed by atoms with van der Waals surface area (Å²) >= 11 is 0. The highest BCUT2D eigenvalue weighted by atomic mass is 16.5. The third kappa shape index (κ3) is 6.75. The zero-order valence-electron chi connectivity index (χ0n) is 19.3. The van der Waals surface area contributed by atoms with Crippen LogP contribution in [0.3, 0.4) is 0 Å². The van der Waals surface area contributed by atoms with Crippen molar-refractivity contribution in [3.8, 4) is 11.5 Å². The van der Waals surface area contributed by atoms with Gasteiger partial charge in [0.1, 0.15) is 0 Å². The Kier molecular flexibility index (Phi) is 7.87. The molecule has 0 aliphatic heterocycles. The molecular formula is C26H28N4O5. The first-order valence-corrected chi connectivity index (χ1v) is 11.8. The number of aromatic nitrogens is 2. The zero-order chi connectivity index (χ0) is 24.6. The minimum absolute atomic E-state index is 0.0863. The van der Waals surface area contributed by atoms with Crippen molar-refractivity contribution in [2.75, 3.05) is 11.9 Å². The second-order valence-electron chi connectivity index (χ2n) is 8.78. The van der Waals surface area contributed by atoms with Crippen LogP contribution in [0.1, 0.15) is 60.6 Å². The van der Waals surface area contributed by atoms with Gasteiger partial charge >= 0.3 is 5.97 Å². The van der Waals surface area contributed by atoms with Crippen LogP contribution in [0.15, 0.2) is 59.1 Å². The average Bonchev–Trinajstić information content (AvgIpc) is 3.36. The van der Waals surface area contributed by atoms with Crippen LogP contribution < -0.4 is 10.6 Å². The van der Waals surface area contributed by atoms with E-state index in [2.05, 4.69) is 20.8 Å². The van der Waals surface area contributed by atoms with Crippen LogP contribution in [0.4, 0.5) is 5.69 Å². The fourth-order valence-corrected chi connectivity index (χ4v) is 4.39. The van der Waals surface area contributed by atoms with Crippen molar-refractivity contribution >= 4 is 23.5 Å². The van der Waals surface area contributed by atoms with Crippen molar-refractivity contribution in [1.29, 1.82) is 0 Å². The molecule has 1 aliphatic carbocycles. The number of aliphatic carboxylic acids is 1. The Morgan fingerprint density at radius 2 is 1.69 bits per heavy atom. The van der Waals surface area contributed by atoms with E-state index in [4.69, 9.17) is 9.63 Å². The molecule has 1 fully saturated rings. The lowest BCUT2D eigenvalue weighted by Gasteiger charge is -2.28. The molecule has 9 heteroatoms. The second-order valence-corrected chi connectivity index (χ2v) is 8.78. The molecule has 1 heterocycles. The van der Waals surface area contributed by atoms with Gasteiger partial charge in [0.2, 0.25) is 5.91 Å². The van der Waals surface area contributed by atoms with E-state index in [0.29, 0.717) is 11.6 Å². The van der Waals surface area contributed by atoms with Gasteiger partial charge in [0.25, 0.3) is 17.6 Å². The maximum Gasteiger partial charge on any atom is 0.303 e. The smallest absolute Gasteiger partial charge is 0.303 e. The van der Waals surface area contributed by atoms with E-state index in [0.717, 1.165) is 31.2 Å². The van der Waals surface area contributed by atoms with E-state index in [1.807, 2.05) is 42.5 Å². The highest BCUT2D eigenvalue weighted by molar-refractivity contribution is 5.93. The molecule has 182 valence electrons. The summed E-state index contributed by atoms with van der Waals surface area (Å²) in [5.74, 6) is -0.583. The van der Waals surface area contributed by atoms with Crippen molar-refractivity contribution in [2.45, 2.75) is 44.4 Å². The summed E-state index contributed by atoms with van der Waals surface area (Å²) in [5.41, 5.74) is 2.62. The first kappa shape index (κ1) is 24.1. The first-order chi connectivity index (χ1) is 17.0. The van der Waals surface area contributed by atoms with Crippen LogP contribution in [0.2, 0.25) is 0 Å². The summed E-state index contributed by atoms with van der Waals surface area (Å²) in [6, 6.07) is 16.9. The van der Waals surface area contributed by atoms with Crippen molar-refractivity contribution in [2.24, 2.45) is 5.92 Å². The number of carbonyl (C=O) groups is 3. The number of nitrogens with one attached hydrogen (secondary N) is 2. The lowest BCUT2D eigenvalue weighted by Crippen LogP contribution is -2.28. The highest BCUT2D eigenvalue weighted by Crippen LogP contribution is 2.37. The molecule has 3 N–H and O–H groups in total. The third-order valence-electron chi connectivity index (χ3n) is 6.26. The molecular weight excluding hydrogens is 448 g/mol. The normalized spacial score (nSPS) is 17.5. The SMILES string of the molecule is O=C(O)C[C@H]1CC[C@H](c2ccc(NC(=O)CCNC(=O)c3noc(-c4ccccc4)n3)cc2)CC1. The molecule has 1 saturated carbocycles. The number of carboxylic acids is 1. The van der Waals surface area contributed by atoms with Crippen molar-refractivity contribution in [1.82, 2.24) is 15.5 Å². The van der Waals surface area contributed by atoms with Crippen molar-refractivity contribution < 1.29 is 24.0 Å². The van der Waals surface area contributed by atoms with Gasteiger partial charge in [-0.1, -0.05) is 35.5 Å². The van der Waals surface area contributed by atoms with Crippen LogP contribution in [-0.4, -0.2) is 39.6 Å². The summed E-state index contributed by atoms with van der Waals surface area (Å²) in [6.45, 7) is 0.136. The fraction of sp³-hybridized carbons (Fsp3) is 0.346. The number of amides is 2. The van der Waals surface area contributed by atoms with Gasteiger partial charge in [0, 0.05) is 30.6 Å². The highest BCUT2D eigenvalue weighted by Gasteiger charge is 2.24. The van der Waals surface area contributed by atoms with E-state index in [1.165, 1.54) is 5.56 Å². The second kappa shape index (κ2) is 11.4. The Hall–Kier alpha value is -4.01. The number of rotatable bonds is 9. The van der Waals surface area contributed by atoms with Gasteiger partial charge in [0.15, 0.2) is 0 Å². The minimum atomic E-state index is -0.722. The molecule has 0 unspecified atom stereocenters. The third-order valence-corrected chi connectivity index (χ3v) is 6.26. The molecule has 2 aromatic carbocycles. The Bertz CT molecular complexity index is 1150. The Morgan fingerprint density at radius 3 is 2.37 bits per heavy atom. The van der Waals surface area contributed by atoms with E-state index in [1.54, 1.807) is 12.1 Å². The first-order valence-electron chi connectivity index (χ1n) is 11.8. The quantitative estimate of drug-likeness (QED) is 0.420. The van der Waals surface area contributed by atoms with Gasteiger partial charge in [-0.15, -0.1) is 0 Å². The number of benzene rings is 2. The maximum atomic E-state index is 12.3. The number of carbonyl (C=O) groups excluding carboxylic acids is 2. The van der Waals surface area contributed by atoms with Gasteiger partial charge in [-0.25, -0.2) is 0 Å². The predicted octanol–water partition coefficient (Wildman–Crippen LogP) is 4.24. The largest absolute Gasteiger partial charge is 0.481 e. The number of carboxylic acid groups (broad SMARTS) is 1. The van der Waals surface area contributed by atoms with Crippen LogP contribution in [0.5, 0.6) is 0 Å². The minimum Gasteiger partial charge on any atom is -0.481 e. The number of hydrogen-bond donors (Lipinski definition) is 3. The van der Waals surface area contributed by atoms with Gasteiger partial charge in [0.05, 0.1) is 0 Å². The molecule has 0 bridgehead atoms. The van der Waals surface area contributed by atoms with E-state index < -0.39 is 11.9 Å².